The number of hydrogen-bond donors (Lipinski definition) is 1. The molecule has 1 N–H and O–H groups in total. The smallest absolute Gasteiger partial charge is 0.0256 e. The summed E-state index contributed by atoms with van der Waals surface area (Å²) in [6.45, 7) is 6.64. The van der Waals surface area contributed by atoms with Crippen molar-refractivity contribution in [2.45, 2.75) is 38.0 Å². The molecule has 1 saturated heterocycles. The Balaban J connectivity index is 1.77. The Morgan fingerprint density at radius 1 is 1.31 bits per heavy atom. The van der Waals surface area contributed by atoms with Gasteiger partial charge in [-0.05, 0) is 38.0 Å². The molecule has 1 aliphatic heterocycles. The van der Waals surface area contributed by atoms with Crippen LogP contribution in [-0.4, -0.2) is 17.0 Å². The molecule has 1 heterocycles. The molecule has 1 aromatic rings. The van der Waals surface area contributed by atoms with E-state index in [1.54, 1.807) is 0 Å². The van der Waals surface area contributed by atoms with Crippen molar-refractivity contribution < 1.29 is 0 Å². The molecule has 1 atom stereocenters. The second-order valence-electron chi connectivity index (χ2n) is 4.99. The number of nitrogens with one attached hydrogen (secondary N) is 1. The summed E-state index contributed by atoms with van der Waals surface area (Å²) >= 11 is 2.12. The van der Waals surface area contributed by atoms with Gasteiger partial charge in [-0.1, -0.05) is 29.8 Å². The van der Waals surface area contributed by atoms with Gasteiger partial charge in [-0.15, -0.1) is 0 Å². The van der Waals surface area contributed by atoms with E-state index in [1.807, 2.05) is 0 Å². The van der Waals surface area contributed by atoms with Gasteiger partial charge in [0, 0.05) is 17.8 Å². The highest BCUT2D eigenvalue weighted by molar-refractivity contribution is 8.00. The Labute approximate surface area is 103 Å². The molecule has 2 heteroatoms. The molecule has 88 valence electrons. The fourth-order valence-electron chi connectivity index (χ4n) is 2.15. The summed E-state index contributed by atoms with van der Waals surface area (Å²) in [5.74, 6) is 1.34. The number of aryl methyl sites for hydroxylation is 1. The summed E-state index contributed by atoms with van der Waals surface area (Å²) in [6, 6.07) is 8.80. The van der Waals surface area contributed by atoms with Crippen LogP contribution in [0.3, 0.4) is 0 Å². The molecule has 0 radical (unpaired) electrons. The molecule has 0 bridgehead atoms. The van der Waals surface area contributed by atoms with Crippen LogP contribution in [0.4, 0.5) is 0 Å². The summed E-state index contributed by atoms with van der Waals surface area (Å²) < 4.78 is 0.477. The van der Waals surface area contributed by atoms with E-state index in [9.17, 15) is 0 Å². The Morgan fingerprint density at radius 3 is 2.69 bits per heavy atom. The van der Waals surface area contributed by atoms with Gasteiger partial charge in [-0.2, -0.15) is 11.8 Å². The van der Waals surface area contributed by atoms with Gasteiger partial charge in [0.15, 0.2) is 0 Å². The van der Waals surface area contributed by atoms with Gasteiger partial charge in [0.2, 0.25) is 0 Å². The molecule has 2 rings (SSSR count). The van der Waals surface area contributed by atoms with Crippen LogP contribution in [0.1, 0.15) is 30.9 Å². The fraction of sp³-hybridized carbons (Fsp3) is 0.571. The normalized spacial score (nSPS) is 24.9. The molecule has 0 aliphatic carbocycles. The van der Waals surface area contributed by atoms with Crippen molar-refractivity contribution in [3.8, 4) is 0 Å². The molecule has 1 aliphatic rings. The van der Waals surface area contributed by atoms with E-state index in [1.165, 1.54) is 29.7 Å². The van der Waals surface area contributed by atoms with Crippen molar-refractivity contribution in [3.63, 3.8) is 0 Å². The van der Waals surface area contributed by atoms with E-state index in [0.717, 1.165) is 13.1 Å². The predicted octanol–water partition coefficient (Wildman–Crippen LogP) is 3.37. The Bertz CT molecular complexity index is 325. The van der Waals surface area contributed by atoms with E-state index in [2.05, 4.69) is 55.2 Å². The second-order valence-corrected chi connectivity index (χ2v) is 6.67. The molecular formula is C14H21NS. The highest BCUT2D eigenvalue weighted by Crippen LogP contribution is 2.36. The first kappa shape index (κ1) is 12.0. The average Bonchev–Trinajstić information content (AvgIpc) is 2.69. The molecule has 0 saturated carbocycles. The van der Waals surface area contributed by atoms with Gasteiger partial charge in [0.25, 0.3) is 0 Å². The van der Waals surface area contributed by atoms with Gasteiger partial charge in [-0.3, -0.25) is 0 Å². The highest BCUT2D eigenvalue weighted by Gasteiger charge is 2.28. The molecule has 16 heavy (non-hydrogen) atoms. The lowest BCUT2D eigenvalue weighted by Gasteiger charge is -2.23. The first-order chi connectivity index (χ1) is 7.68. The number of rotatable bonds is 4. The van der Waals surface area contributed by atoms with E-state index >= 15 is 0 Å². The van der Waals surface area contributed by atoms with Crippen LogP contribution < -0.4 is 5.32 Å². The van der Waals surface area contributed by atoms with E-state index in [-0.39, 0.29) is 0 Å². The Morgan fingerprint density at radius 2 is 2.06 bits per heavy atom. The highest BCUT2D eigenvalue weighted by atomic mass is 32.2. The van der Waals surface area contributed by atoms with Gasteiger partial charge in [0.05, 0.1) is 0 Å². The minimum absolute atomic E-state index is 0.477. The second kappa shape index (κ2) is 5.24. The maximum atomic E-state index is 3.58. The van der Waals surface area contributed by atoms with Crippen molar-refractivity contribution in [1.29, 1.82) is 0 Å². The van der Waals surface area contributed by atoms with Crippen LogP contribution in [0.2, 0.25) is 0 Å². The summed E-state index contributed by atoms with van der Waals surface area (Å²) in [5, 5.41) is 3.58. The number of hydrogen-bond acceptors (Lipinski definition) is 2. The summed E-state index contributed by atoms with van der Waals surface area (Å²) in [6.07, 6.45) is 2.74. The molecule has 0 spiro atoms. The summed E-state index contributed by atoms with van der Waals surface area (Å²) in [7, 11) is 0. The standard InChI is InChI=1S/C14H21NS/c1-12-4-6-13(7-5-12)10-15-11-14(2)8-3-9-16-14/h4-7,15H,3,8-11H2,1-2H3. The lowest BCUT2D eigenvalue weighted by Crippen LogP contribution is -2.32. The monoisotopic (exact) mass is 235 g/mol. The fourth-order valence-corrected chi connectivity index (χ4v) is 3.43. The molecular weight excluding hydrogens is 214 g/mol. The summed E-state index contributed by atoms with van der Waals surface area (Å²) in [5.41, 5.74) is 2.72. The zero-order valence-corrected chi connectivity index (χ0v) is 11.1. The summed E-state index contributed by atoms with van der Waals surface area (Å²) in [4.78, 5) is 0. The van der Waals surface area contributed by atoms with Crippen molar-refractivity contribution in [1.82, 2.24) is 5.32 Å². The van der Waals surface area contributed by atoms with E-state index in [4.69, 9.17) is 0 Å². The Hall–Kier alpha value is -0.470. The van der Waals surface area contributed by atoms with Gasteiger partial charge in [0.1, 0.15) is 0 Å². The zero-order chi connectivity index (χ0) is 11.4. The zero-order valence-electron chi connectivity index (χ0n) is 10.3. The average molecular weight is 235 g/mol. The van der Waals surface area contributed by atoms with E-state index in [0.29, 0.717) is 4.75 Å². The molecule has 1 nitrogen and oxygen atoms in total. The predicted molar refractivity (Wildman–Crippen MR) is 73.0 cm³/mol. The van der Waals surface area contributed by atoms with E-state index < -0.39 is 0 Å². The van der Waals surface area contributed by atoms with Crippen molar-refractivity contribution in [2.24, 2.45) is 0 Å². The van der Waals surface area contributed by atoms with Gasteiger partial charge < -0.3 is 5.32 Å². The molecule has 1 unspecified atom stereocenters. The third-order valence-corrected chi connectivity index (χ3v) is 4.79. The van der Waals surface area contributed by atoms with Crippen LogP contribution in [-0.2, 0) is 6.54 Å². The molecule has 0 amide bonds. The maximum Gasteiger partial charge on any atom is 0.0256 e. The molecule has 0 aromatic heterocycles. The molecule has 1 aromatic carbocycles. The first-order valence-electron chi connectivity index (χ1n) is 6.08. The molecule has 1 fully saturated rings. The quantitative estimate of drug-likeness (QED) is 0.858. The van der Waals surface area contributed by atoms with Crippen molar-refractivity contribution in [2.75, 3.05) is 12.3 Å². The number of thioether (sulfide) groups is 1. The van der Waals surface area contributed by atoms with Gasteiger partial charge in [-0.25, -0.2) is 0 Å². The van der Waals surface area contributed by atoms with Gasteiger partial charge >= 0.3 is 0 Å². The third-order valence-electron chi connectivity index (χ3n) is 3.25. The van der Waals surface area contributed by atoms with Crippen LogP contribution in [0, 0.1) is 6.92 Å². The van der Waals surface area contributed by atoms with Crippen LogP contribution in [0.25, 0.3) is 0 Å². The minimum atomic E-state index is 0.477. The number of benzene rings is 1. The lowest BCUT2D eigenvalue weighted by atomic mass is 10.1. The first-order valence-corrected chi connectivity index (χ1v) is 7.07. The van der Waals surface area contributed by atoms with Crippen molar-refractivity contribution >= 4 is 11.8 Å². The van der Waals surface area contributed by atoms with Crippen LogP contribution in [0.5, 0.6) is 0 Å². The largest absolute Gasteiger partial charge is 0.311 e. The maximum absolute atomic E-state index is 3.58. The SMILES string of the molecule is Cc1ccc(CNCC2(C)CCCS2)cc1. The van der Waals surface area contributed by atoms with Crippen LogP contribution >= 0.6 is 11.8 Å². The minimum Gasteiger partial charge on any atom is -0.311 e. The lowest BCUT2D eigenvalue weighted by molar-refractivity contribution is 0.537. The third kappa shape index (κ3) is 3.26. The van der Waals surface area contributed by atoms with Crippen LogP contribution in [0.15, 0.2) is 24.3 Å². The Kier molecular flexibility index (Phi) is 3.93. The topological polar surface area (TPSA) is 12.0 Å². The van der Waals surface area contributed by atoms with Crippen molar-refractivity contribution in [3.05, 3.63) is 35.4 Å².